The number of thioether (sulfide) groups is 1. The Balaban J connectivity index is 1.75. The molecule has 4 rings (SSSR count). The van der Waals surface area contributed by atoms with Crippen molar-refractivity contribution in [2.24, 2.45) is 5.92 Å². The Morgan fingerprint density at radius 1 is 1.18 bits per heavy atom. The van der Waals surface area contributed by atoms with Crippen LogP contribution in [0.15, 0.2) is 47.6 Å². The van der Waals surface area contributed by atoms with Crippen LogP contribution in [0, 0.1) is 18.7 Å². The van der Waals surface area contributed by atoms with Gasteiger partial charge in [-0.3, -0.25) is 4.79 Å². The molecule has 1 amide bonds. The second kappa shape index (κ2) is 9.87. The molecule has 0 bridgehead atoms. The Labute approximate surface area is 197 Å². The predicted molar refractivity (Wildman–Crippen MR) is 131 cm³/mol. The fourth-order valence-electron chi connectivity index (χ4n) is 3.73. The quantitative estimate of drug-likeness (QED) is 0.366. The first-order valence-corrected chi connectivity index (χ1v) is 12.1. The molecule has 0 spiro atoms. The van der Waals surface area contributed by atoms with Crippen LogP contribution in [0.5, 0.6) is 0 Å². The third kappa shape index (κ3) is 5.00. The summed E-state index contributed by atoms with van der Waals surface area (Å²) in [7, 11) is 0. The molecule has 1 unspecified atom stereocenters. The second-order valence-electron chi connectivity index (χ2n) is 8.62. The van der Waals surface area contributed by atoms with Gasteiger partial charge in [0.1, 0.15) is 11.3 Å². The Hall–Kier alpha value is -3.00. The number of carbonyl (C=O) groups is 1. The topological polar surface area (TPSA) is 72.7 Å². The third-order valence-corrected chi connectivity index (χ3v) is 6.70. The van der Waals surface area contributed by atoms with Crippen LogP contribution >= 0.6 is 11.8 Å². The smallest absolute Gasteiger partial charge is 0.233 e. The lowest BCUT2D eigenvalue weighted by atomic mass is 10.1. The molecule has 1 atom stereocenters. The number of halogens is 1. The normalized spacial score (nSPS) is 12.5. The average Bonchev–Trinajstić information content (AvgIpc) is 3.09. The highest BCUT2D eigenvalue weighted by molar-refractivity contribution is 8.00. The fourth-order valence-corrected chi connectivity index (χ4v) is 4.57. The highest BCUT2D eigenvalue weighted by Crippen LogP contribution is 2.30. The summed E-state index contributed by atoms with van der Waals surface area (Å²) in [6.07, 6.45) is 0.646. The van der Waals surface area contributed by atoms with E-state index in [1.807, 2.05) is 42.7 Å². The highest BCUT2D eigenvalue weighted by atomic mass is 32.2. The zero-order valence-electron chi connectivity index (χ0n) is 19.3. The molecule has 0 aliphatic rings. The maximum absolute atomic E-state index is 14.5. The summed E-state index contributed by atoms with van der Waals surface area (Å²) < 4.78 is 16.4. The van der Waals surface area contributed by atoms with Crippen LogP contribution in [-0.4, -0.2) is 37.5 Å². The summed E-state index contributed by atoms with van der Waals surface area (Å²) in [6, 6.07) is 12.8. The minimum absolute atomic E-state index is 0.0255. The molecule has 0 aliphatic heterocycles. The number of aromatic nitrogens is 4. The van der Waals surface area contributed by atoms with Crippen LogP contribution < -0.4 is 5.32 Å². The number of hydrogen-bond donors (Lipinski definition) is 1. The van der Waals surface area contributed by atoms with Crippen molar-refractivity contribution in [1.82, 2.24) is 25.1 Å². The summed E-state index contributed by atoms with van der Waals surface area (Å²) in [5.41, 5.74) is 3.90. The number of nitrogens with zero attached hydrogens (tertiary/aromatic N) is 4. The SMILES string of the molecule is CCC(Sc1nnc2c3cc(C)ccc3n(Cc3ccccc3F)c2n1)C(=O)NCC(C)C. The average molecular weight is 466 g/mol. The van der Waals surface area contributed by atoms with Gasteiger partial charge in [-0.05, 0) is 37.5 Å². The van der Waals surface area contributed by atoms with Crippen molar-refractivity contribution in [1.29, 1.82) is 0 Å². The molecule has 1 N–H and O–H groups in total. The number of rotatable bonds is 8. The summed E-state index contributed by atoms with van der Waals surface area (Å²) in [5.74, 6) is 0.0924. The largest absolute Gasteiger partial charge is 0.355 e. The van der Waals surface area contributed by atoms with E-state index in [4.69, 9.17) is 4.98 Å². The lowest BCUT2D eigenvalue weighted by molar-refractivity contribution is -0.120. The van der Waals surface area contributed by atoms with Crippen molar-refractivity contribution in [2.45, 2.75) is 51.1 Å². The summed E-state index contributed by atoms with van der Waals surface area (Å²) in [5, 5.41) is 12.8. The Kier molecular flexibility index (Phi) is 6.93. The molecule has 0 radical (unpaired) electrons. The molecule has 0 aliphatic carbocycles. The van der Waals surface area contributed by atoms with Crippen molar-refractivity contribution in [3.05, 3.63) is 59.4 Å². The lowest BCUT2D eigenvalue weighted by Gasteiger charge is -2.15. The molecule has 33 heavy (non-hydrogen) atoms. The molecule has 8 heteroatoms. The lowest BCUT2D eigenvalue weighted by Crippen LogP contribution is -2.34. The summed E-state index contributed by atoms with van der Waals surface area (Å²) in [6.45, 7) is 9.06. The zero-order valence-corrected chi connectivity index (χ0v) is 20.1. The highest BCUT2D eigenvalue weighted by Gasteiger charge is 2.22. The number of benzene rings is 2. The van der Waals surface area contributed by atoms with Crippen molar-refractivity contribution < 1.29 is 9.18 Å². The van der Waals surface area contributed by atoms with Crippen LogP contribution in [0.25, 0.3) is 22.1 Å². The van der Waals surface area contributed by atoms with E-state index in [9.17, 15) is 9.18 Å². The minimum atomic E-state index is -0.311. The number of nitrogens with one attached hydrogen (secondary N) is 1. The van der Waals surface area contributed by atoms with Crippen LogP contribution in [-0.2, 0) is 11.3 Å². The van der Waals surface area contributed by atoms with E-state index in [-0.39, 0.29) is 17.0 Å². The second-order valence-corrected chi connectivity index (χ2v) is 9.79. The van der Waals surface area contributed by atoms with Gasteiger partial charge in [0.15, 0.2) is 5.65 Å². The van der Waals surface area contributed by atoms with E-state index in [1.165, 1.54) is 17.8 Å². The van der Waals surface area contributed by atoms with Gasteiger partial charge in [0.05, 0.1) is 17.3 Å². The monoisotopic (exact) mass is 465 g/mol. The van der Waals surface area contributed by atoms with Gasteiger partial charge in [0, 0.05) is 17.5 Å². The van der Waals surface area contributed by atoms with Gasteiger partial charge < -0.3 is 9.88 Å². The Morgan fingerprint density at radius 3 is 2.70 bits per heavy atom. The maximum atomic E-state index is 14.5. The first-order valence-electron chi connectivity index (χ1n) is 11.2. The Bertz CT molecular complexity index is 1300. The third-order valence-electron chi connectivity index (χ3n) is 5.48. The first kappa shape index (κ1) is 23.2. The molecule has 2 heterocycles. The maximum Gasteiger partial charge on any atom is 0.233 e. The number of carbonyl (C=O) groups excluding carboxylic acids is 1. The van der Waals surface area contributed by atoms with Crippen molar-refractivity contribution >= 4 is 39.7 Å². The molecule has 0 saturated carbocycles. The van der Waals surface area contributed by atoms with Gasteiger partial charge in [0.2, 0.25) is 11.1 Å². The van der Waals surface area contributed by atoms with Gasteiger partial charge in [0.25, 0.3) is 0 Å². The van der Waals surface area contributed by atoms with Gasteiger partial charge in [-0.1, -0.05) is 62.4 Å². The van der Waals surface area contributed by atoms with Crippen LogP contribution in [0.4, 0.5) is 4.39 Å². The molecule has 0 fully saturated rings. The van der Waals surface area contributed by atoms with Crippen LogP contribution in [0.3, 0.4) is 0 Å². The minimum Gasteiger partial charge on any atom is -0.355 e. The number of aryl methyl sites for hydroxylation is 1. The van der Waals surface area contributed by atoms with Crippen molar-refractivity contribution in [3.8, 4) is 0 Å². The molecule has 0 saturated heterocycles. The van der Waals surface area contributed by atoms with Crippen LogP contribution in [0.1, 0.15) is 38.3 Å². The summed E-state index contributed by atoms with van der Waals surface area (Å²) >= 11 is 1.31. The molecule has 172 valence electrons. The van der Waals surface area contributed by atoms with Gasteiger partial charge >= 0.3 is 0 Å². The molecule has 2 aromatic carbocycles. The van der Waals surface area contributed by atoms with E-state index in [2.05, 4.69) is 29.4 Å². The van der Waals surface area contributed by atoms with Crippen molar-refractivity contribution in [3.63, 3.8) is 0 Å². The molecule has 4 aromatic rings. The zero-order chi connectivity index (χ0) is 23.5. The van der Waals surface area contributed by atoms with E-state index in [0.29, 0.717) is 47.3 Å². The molecule has 2 aromatic heterocycles. The van der Waals surface area contributed by atoms with Gasteiger partial charge in [-0.15, -0.1) is 10.2 Å². The predicted octanol–water partition coefficient (Wildman–Crippen LogP) is 5.12. The number of hydrogen-bond acceptors (Lipinski definition) is 5. The molecule has 6 nitrogen and oxygen atoms in total. The van der Waals surface area contributed by atoms with Gasteiger partial charge in [-0.25, -0.2) is 9.37 Å². The fraction of sp³-hybridized carbons (Fsp3) is 0.360. The first-order chi connectivity index (χ1) is 15.9. The number of amides is 1. The number of fused-ring (bicyclic) bond motifs is 3. The van der Waals surface area contributed by atoms with Crippen molar-refractivity contribution in [2.75, 3.05) is 6.54 Å². The summed E-state index contributed by atoms with van der Waals surface area (Å²) in [4.78, 5) is 17.4. The molecular weight excluding hydrogens is 437 g/mol. The van der Waals surface area contributed by atoms with Crippen LogP contribution in [0.2, 0.25) is 0 Å². The van der Waals surface area contributed by atoms with E-state index >= 15 is 0 Å². The van der Waals surface area contributed by atoms with E-state index in [1.54, 1.807) is 12.1 Å². The molecular formula is C25H28FN5OS. The van der Waals surface area contributed by atoms with Gasteiger partial charge in [-0.2, -0.15) is 0 Å². The Morgan fingerprint density at radius 2 is 1.97 bits per heavy atom. The standard InChI is InChI=1S/C25H28FN5OS/c1-5-21(24(32)27-13-15(2)3)33-25-28-23-22(29-30-25)18-12-16(4)10-11-20(18)31(23)14-17-8-6-7-9-19(17)26/h6-12,15,21H,5,13-14H2,1-4H3,(H,27,32). The van der Waals surface area contributed by atoms with E-state index < -0.39 is 0 Å². The van der Waals surface area contributed by atoms with E-state index in [0.717, 1.165) is 16.5 Å².